The number of ether oxygens (including phenoxy) is 2. The highest BCUT2D eigenvalue weighted by Crippen LogP contribution is 2.37. The van der Waals surface area contributed by atoms with Crippen molar-refractivity contribution in [2.45, 2.75) is 19.6 Å². The van der Waals surface area contributed by atoms with Gasteiger partial charge in [0, 0.05) is 12.6 Å². The van der Waals surface area contributed by atoms with Gasteiger partial charge in [0.1, 0.15) is 5.76 Å². The molecule has 0 saturated heterocycles. The molecule has 1 aliphatic heterocycles. The Morgan fingerprint density at radius 1 is 1.21 bits per heavy atom. The van der Waals surface area contributed by atoms with Crippen LogP contribution in [0.2, 0.25) is 0 Å². The van der Waals surface area contributed by atoms with Gasteiger partial charge in [0.25, 0.3) is 0 Å². The first-order valence-corrected chi connectivity index (χ1v) is 6.94. The molecule has 2 amide bonds. The van der Waals surface area contributed by atoms with Crippen LogP contribution in [-0.4, -0.2) is 12.8 Å². The Morgan fingerprint density at radius 2 is 1.96 bits per heavy atom. The maximum atomic E-state index is 12.8. The Kier molecular flexibility index (Phi) is 4.00. The summed E-state index contributed by atoms with van der Waals surface area (Å²) in [7, 11) is 0. The first-order chi connectivity index (χ1) is 11.3. The van der Waals surface area contributed by atoms with Crippen LogP contribution in [-0.2, 0) is 12.7 Å². The number of urea groups is 1. The average Bonchev–Trinajstić information content (AvgIpc) is 3.10. The molecule has 0 unspecified atom stereocenters. The Morgan fingerprint density at radius 3 is 2.71 bits per heavy atom. The molecule has 128 valence electrons. The van der Waals surface area contributed by atoms with Gasteiger partial charge in [0.15, 0.2) is 11.5 Å². The van der Waals surface area contributed by atoms with E-state index in [1.807, 2.05) is 0 Å². The summed E-state index contributed by atoms with van der Waals surface area (Å²) in [6.07, 6.45) is -4.69. The standard InChI is InChI=1S/C15H13F3N2O4/c1-8-4-10(13(24-8)15(16,17)18)20-14(21)19-6-9-2-3-11-12(5-9)23-7-22-11/h2-5H,6-7H2,1H3,(H2,19,20,21). The molecule has 0 saturated carbocycles. The number of fused-ring (bicyclic) bond motifs is 1. The van der Waals surface area contributed by atoms with E-state index in [2.05, 4.69) is 15.1 Å². The van der Waals surface area contributed by atoms with E-state index in [0.29, 0.717) is 17.1 Å². The monoisotopic (exact) mass is 342 g/mol. The zero-order valence-corrected chi connectivity index (χ0v) is 12.5. The topological polar surface area (TPSA) is 72.7 Å². The van der Waals surface area contributed by atoms with Gasteiger partial charge in [-0.05, 0) is 24.6 Å². The second-order valence-electron chi connectivity index (χ2n) is 5.09. The summed E-state index contributed by atoms with van der Waals surface area (Å²) in [6.45, 7) is 1.61. The maximum Gasteiger partial charge on any atom is 0.451 e. The summed E-state index contributed by atoms with van der Waals surface area (Å²) in [5.41, 5.74) is 0.289. The average molecular weight is 342 g/mol. The van der Waals surface area contributed by atoms with Gasteiger partial charge >= 0.3 is 12.2 Å². The molecule has 9 heteroatoms. The lowest BCUT2D eigenvalue weighted by atomic mass is 10.2. The number of nitrogens with one attached hydrogen (secondary N) is 2. The largest absolute Gasteiger partial charge is 0.455 e. The number of carbonyl (C=O) groups is 1. The van der Waals surface area contributed by atoms with E-state index < -0.39 is 23.7 Å². The summed E-state index contributed by atoms with van der Waals surface area (Å²) < 4.78 is 53.4. The fraction of sp³-hybridized carbons (Fsp3) is 0.267. The minimum atomic E-state index is -4.69. The maximum absolute atomic E-state index is 12.8. The van der Waals surface area contributed by atoms with Crippen LogP contribution in [0, 0.1) is 6.92 Å². The van der Waals surface area contributed by atoms with Crippen LogP contribution in [0.4, 0.5) is 23.7 Å². The third-order valence-electron chi connectivity index (χ3n) is 3.25. The number of halogens is 3. The summed E-state index contributed by atoms with van der Waals surface area (Å²) in [4.78, 5) is 11.8. The van der Waals surface area contributed by atoms with Crippen LogP contribution >= 0.6 is 0 Å². The number of carbonyl (C=O) groups excluding carboxylic acids is 1. The molecule has 1 aromatic carbocycles. The number of aryl methyl sites for hydroxylation is 1. The first kappa shape index (κ1) is 16.0. The van der Waals surface area contributed by atoms with Gasteiger partial charge in [-0.2, -0.15) is 13.2 Å². The molecule has 2 N–H and O–H groups in total. The molecule has 3 rings (SSSR count). The fourth-order valence-electron chi connectivity index (χ4n) is 2.22. The predicted molar refractivity (Wildman–Crippen MR) is 76.9 cm³/mol. The number of amides is 2. The van der Waals surface area contributed by atoms with E-state index in [1.165, 1.54) is 6.92 Å². The van der Waals surface area contributed by atoms with Gasteiger partial charge in [0.05, 0.1) is 5.69 Å². The normalized spacial score (nSPS) is 13.0. The summed E-state index contributed by atoms with van der Waals surface area (Å²) in [5, 5.41) is 4.61. The Balaban J connectivity index is 1.62. The first-order valence-electron chi connectivity index (χ1n) is 6.94. The Bertz CT molecular complexity index is 771. The van der Waals surface area contributed by atoms with Crippen molar-refractivity contribution in [3.8, 4) is 11.5 Å². The van der Waals surface area contributed by atoms with Crippen LogP contribution < -0.4 is 20.1 Å². The van der Waals surface area contributed by atoms with Crippen LogP contribution in [0.15, 0.2) is 28.7 Å². The summed E-state index contributed by atoms with van der Waals surface area (Å²) in [6, 6.07) is 5.43. The van der Waals surface area contributed by atoms with Crippen molar-refractivity contribution >= 4 is 11.7 Å². The van der Waals surface area contributed by atoms with E-state index in [1.54, 1.807) is 18.2 Å². The van der Waals surface area contributed by atoms with Crippen molar-refractivity contribution in [1.82, 2.24) is 5.32 Å². The number of furan rings is 1. The number of benzene rings is 1. The summed E-state index contributed by atoms with van der Waals surface area (Å²) in [5.74, 6) is -0.0296. The van der Waals surface area contributed by atoms with Gasteiger partial charge in [-0.1, -0.05) is 6.07 Å². The van der Waals surface area contributed by atoms with E-state index in [4.69, 9.17) is 9.47 Å². The Hall–Kier alpha value is -2.84. The molecule has 0 spiro atoms. The lowest BCUT2D eigenvalue weighted by molar-refractivity contribution is -0.152. The number of anilines is 1. The highest BCUT2D eigenvalue weighted by atomic mass is 19.4. The van der Waals surface area contributed by atoms with E-state index in [9.17, 15) is 18.0 Å². The van der Waals surface area contributed by atoms with Gasteiger partial charge in [-0.15, -0.1) is 0 Å². The lowest BCUT2D eigenvalue weighted by Crippen LogP contribution is -2.28. The molecular weight excluding hydrogens is 329 g/mol. The quantitative estimate of drug-likeness (QED) is 0.893. The zero-order chi connectivity index (χ0) is 17.3. The van der Waals surface area contributed by atoms with Crippen molar-refractivity contribution < 1.29 is 31.9 Å². The van der Waals surface area contributed by atoms with E-state index in [0.717, 1.165) is 6.07 Å². The molecular formula is C15H13F3N2O4. The number of rotatable bonds is 3. The van der Waals surface area contributed by atoms with E-state index >= 15 is 0 Å². The molecule has 0 bridgehead atoms. The SMILES string of the molecule is Cc1cc(NC(=O)NCc2ccc3c(c2)OCO3)c(C(F)(F)F)o1. The highest BCUT2D eigenvalue weighted by molar-refractivity contribution is 5.89. The van der Waals surface area contributed by atoms with Crippen molar-refractivity contribution in [3.63, 3.8) is 0 Å². The Labute approximate surface area is 134 Å². The van der Waals surface area contributed by atoms with Crippen molar-refractivity contribution in [2.75, 3.05) is 12.1 Å². The van der Waals surface area contributed by atoms with Crippen LogP contribution in [0.25, 0.3) is 0 Å². The molecule has 1 aliphatic rings. The van der Waals surface area contributed by atoms with Crippen molar-refractivity contribution in [1.29, 1.82) is 0 Å². The second-order valence-corrected chi connectivity index (χ2v) is 5.09. The fourth-order valence-corrected chi connectivity index (χ4v) is 2.22. The number of alkyl halides is 3. The van der Waals surface area contributed by atoms with E-state index in [-0.39, 0.29) is 19.1 Å². The van der Waals surface area contributed by atoms with Crippen molar-refractivity contribution in [3.05, 3.63) is 41.3 Å². The van der Waals surface area contributed by atoms with Crippen LogP contribution in [0.5, 0.6) is 11.5 Å². The molecule has 0 radical (unpaired) electrons. The zero-order valence-electron chi connectivity index (χ0n) is 12.5. The van der Waals surface area contributed by atoms with Gasteiger partial charge in [0.2, 0.25) is 12.6 Å². The van der Waals surface area contributed by atoms with Crippen LogP contribution in [0.3, 0.4) is 0 Å². The molecule has 24 heavy (non-hydrogen) atoms. The molecule has 0 fully saturated rings. The number of hydrogen-bond donors (Lipinski definition) is 2. The molecule has 6 nitrogen and oxygen atoms in total. The van der Waals surface area contributed by atoms with Crippen LogP contribution in [0.1, 0.15) is 17.1 Å². The van der Waals surface area contributed by atoms with Gasteiger partial charge in [-0.25, -0.2) is 4.79 Å². The smallest absolute Gasteiger partial charge is 0.451 e. The molecule has 1 aromatic heterocycles. The lowest BCUT2D eigenvalue weighted by Gasteiger charge is -2.09. The second kappa shape index (κ2) is 5.99. The third kappa shape index (κ3) is 3.39. The predicted octanol–water partition coefficient (Wildman–Crippen LogP) is 3.66. The minimum Gasteiger partial charge on any atom is -0.455 e. The summed E-state index contributed by atoms with van der Waals surface area (Å²) >= 11 is 0. The molecule has 0 atom stereocenters. The highest BCUT2D eigenvalue weighted by Gasteiger charge is 2.38. The third-order valence-corrected chi connectivity index (χ3v) is 3.25. The van der Waals surface area contributed by atoms with Crippen molar-refractivity contribution in [2.24, 2.45) is 0 Å². The molecule has 2 heterocycles. The molecule has 2 aromatic rings. The number of hydrogen-bond acceptors (Lipinski definition) is 4. The molecule has 0 aliphatic carbocycles. The minimum absolute atomic E-state index is 0.0494. The van der Waals surface area contributed by atoms with Gasteiger partial charge in [-0.3, -0.25) is 0 Å². The van der Waals surface area contributed by atoms with Gasteiger partial charge < -0.3 is 24.5 Å².